The first-order chi connectivity index (χ1) is 12.1. The zero-order chi connectivity index (χ0) is 19.5. The first-order valence-electron chi connectivity index (χ1n) is 8.65. The van der Waals surface area contributed by atoms with Gasteiger partial charge < -0.3 is 24.2 Å². The van der Waals surface area contributed by atoms with Crippen LogP contribution >= 0.6 is 0 Å². The zero-order valence-corrected chi connectivity index (χ0v) is 15.7. The van der Waals surface area contributed by atoms with Crippen molar-refractivity contribution in [3.63, 3.8) is 0 Å². The van der Waals surface area contributed by atoms with E-state index in [9.17, 15) is 9.59 Å². The first-order valence-corrected chi connectivity index (χ1v) is 8.65. The molecule has 1 N–H and O–H groups in total. The van der Waals surface area contributed by atoms with Gasteiger partial charge in [-0.2, -0.15) is 0 Å². The van der Waals surface area contributed by atoms with Gasteiger partial charge in [0.2, 0.25) is 5.76 Å². The predicted octanol–water partition coefficient (Wildman–Crippen LogP) is 3.23. The van der Waals surface area contributed by atoms with Gasteiger partial charge in [-0.25, -0.2) is 9.59 Å². The number of aliphatic carboxylic acids is 1. The number of hydrogen-bond acceptors (Lipinski definition) is 5. The van der Waals surface area contributed by atoms with Gasteiger partial charge in [-0.1, -0.05) is 12.7 Å². The minimum atomic E-state index is -1.13. The van der Waals surface area contributed by atoms with E-state index in [1.54, 1.807) is 24.1 Å². The molecule has 1 aliphatic heterocycles. The van der Waals surface area contributed by atoms with Crippen molar-refractivity contribution < 1.29 is 28.9 Å². The third-order valence-corrected chi connectivity index (χ3v) is 4.16. The highest BCUT2D eigenvalue weighted by molar-refractivity contribution is 5.84. The summed E-state index contributed by atoms with van der Waals surface area (Å²) in [6.07, 6.45) is 5.71. The summed E-state index contributed by atoms with van der Waals surface area (Å²) in [6.45, 7) is 9.09. The third kappa shape index (κ3) is 5.36. The minimum absolute atomic E-state index is 0.0377. The number of rotatable bonds is 5. The SMILES string of the molecule is C=C/C=C1\CC(OC2CC(N(C)C(=O)OC(C)(C)C)C2)C=C(C(=O)O)O1. The van der Waals surface area contributed by atoms with Crippen LogP contribution in [0, 0.1) is 0 Å². The van der Waals surface area contributed by atoms with Crippen LogP contribution in [0.4, 0.5) is 4.79 Å². The van der Waals surface area contributed by atoms with Crippen molar-refractivity contribution in [1.82, 2.24) is 4.90 Å². The highest BCUT2D eigenvalue weighted by Crippen LogP contribution is 2.32. The second-order valence-corrected chi connectivity index (χ2v) is 7.52. The van der Waals surface area contributed by atoms with E-state index in [0.29, 0.717) is 25.0 Å². The van der Waals surface area contributed by atoms with E-state index in [2.05, 4.69) is 6.58 Å². The van der Waals surface area contributed by atoms with Crippen molar-refractivity contribution >= 4 is 12.1 Å². The number of carboxylic acid groups (broad SMARTS) is 1. The molecule has 7 nitrogen and oxygen atoms in total. The van der Waals surface area contributed by atoms with E-state index >= 15 is 0 Å². The van der Waals surface area contributed by atoms with Gasteiger partial charge in [0.1, 0.15) is 11.4 Å². The van der Waals surface area contributed by atoms with Crippen LogP contribution in [0.1, 0.15) is 40.0 Å². The largest absolute Gasteiger partial charge is 0.475 e. The Labute approximate surface area is 153 Å². The van der Waals surface area contributed by atoms with Crippen LogP contribution in [0.5, 0.6) is 0 Å². The van der Waals surface area contributed by atoms with Crippen LogP contribution in [-0.4, -0.2) is 53.0 Å². The number of ether oxygens (including phenoxy) is 3. The van der Waals surface area contributed by atoms with Crippen LogP contribution in [0.25, 0.3) is 0 Å². The molecule has 1 fully saturated rings. The van der Waals surface area contributed by atoms with Crippen molar-refractivity contribution in [2.45, 2.75) is 63.9 Å². The lowest BCUT2D eigenvalue weighted by Gasteiger charge is -2.42. The van der Waals surface area contributed by atoms with Crippen molar-refractivity contribution in [3.05, 3.63) is 36.3 Å². The monoisotopic (exact) mass is 365 g/mol. The average molecular weight is 365 g/mol. The van der Waals surface area contributed by atoms with Gasteiger partial charge in [-0.15, -0.1) is 0 Å². The van der Waals surface area contributed by atoms with E-state index in [4.69, 9.17) is 19.3 Å². The first kappa shape index (κ1) is 20.0. The molecule has 2 aliphatic rings. The molecule has 1 aliphatic carbocycles. The molecule has 26 heavy (non-hydrogen) atoms. The fourth-order valence-corrected chi connectivity index (χ4v) is 2.77. The van der Waals surface area contributed by atoms with Crippen LogP contribution in [0.15, 0.2) is 36.3 Å². The van der Waals surface area contributed by atoms with E-state index < -0.39 is 11.6 Å². The fraction of sp³-hybridized carbons (Fsp3) is 0.579. The molecule has 0 aromatic rings. The zero-order valence-electron chi connectivity index (χ0n) is 15.7. The summed E-state index contributed by atoms with van der Waals surface area (Å²) in [4.78, 5) is 24.9. The van der Waals surface area contributed by atoms with Gasteiger partial charge in [-0.3, -0.25) is 0 Å². The number of carbonyl (C=O) groups excluding carboxylic acids is 1. The maximum Gasteiger partial charge on any atom is 0.410 e. The van der Waals surface area contributed by atoms with Crippen molar-refractivity contribution in [3.8, 4) is 0 Å². The van der Waals surface area contributed by atoms with E-state index in [0.717, 1.165) is 0 Å². The van der Waals surface area contributed by atoms with Gasteiger partial charge in [-0.05, 0) is 45.8 Å². The number of carboxylic acids is 1. The number of carbonyl (C=O) groups is 2. The number of nitrogens with zero attached hydrogens (tertiary/aromatic N) is 1. The lowest BCUT2D eigenvalue weighted by atomic mass is 9.88. The number of hydrogen-bond donors (Lipinski definition) is 1. The minimum Gasteiger partial charge on any atom is -0.475 e. The Morgan fingerprint density at radius 3 is 2.58 bits per heavy atom. The molecule has 1 unspecified atom stereocenters. The molecule has 1 saturated carbocycles. The molecule has 0 radical (unpaired) electrons. The number of amides is 1. The number of allylic oxidation sites excluding steroid dienone is 2. The smallest absolute Gasteiger partial charge is 0.410 e. The Hall–Kier alpha value is -2.28. The Bertz CT molecular complexity index is 624. The predicted molar refractivity (Wildman–Crippen MR) is 95.4 cm³/mol. The van der Waals surface area contributed by atoms with Gasteiger partial charge in [0.25, 0.3) is 0 Å². The molecule has 0 aromatic heterocycles. The Balaban J connectivity index is 1.88. The quantitative estimate of drug-likeness (QED) is 0.805. The Morgan fingerprint density at radius 1 is 1.38 bits per heavy atom. The molecule has 1 amide bonds. The van der Waals surface area contributed by atoms with Crippen molar-refractivity contribution in [1.29, 1.82) is 0 Å². The van der Waals surface area contributed by atoms with Gasteiger partial charge >= 0.3 is 12.1 Å². The molecule has 144 valence electrons. The third-order valence-electron chi connectivity index (χ3n) is 4.16. The Kier molecular flexibility index (Phi) is 6.13. The van der Waals surface area contributed by atoms with E-state index in [1.165, 1.54) is 6.08 Å². The average Bonchev–Trinajstić information content (AvgIpc) is 2.48. The van der Waals surface area contributed by atoms with Crippen LogP contribution in [-0.2, 0) is 19.0 Å². The molecular formula is C19H27NO6. The molecular weight excluding hydrogens is 338 g/mol. The summed E-state index contributed by atoms with van der Waals surface area (Å²) in [5, 5.41) is 9.16. The Morgan fingerprint density at radius 2 is 2.04 bits per heavy atom. The van der Waals surface area contributed by atoms with Crippen LogP contribution < -0.4 is 0 Å². The summed E-state index contributed by atoms with van der Waals surface area (Å²) < 4.78 is 16.6. The van der Waals surface area contributed by atoms with Gasteiger partial charge in [0.15, 0.2) is 0 Å². The second-order valence-electron chi connectivity index (χ2n) is 7.52. The molecule has 0 aromatic carbocycles. The maximum absolute atomic E-state index is 12.1. The van der Waals surface area contributed by atoms with Crippen LogP contribution in [0.3, 0.4) is 0 Å². The second kappa shape index (κ2) is 7.95. The van der Waals surface area contributed by atoms with E-state index in [1.807, 2.05) is 20.8 Å². The lowest BCUT2D eigenvalue weighted by Crippen LogP contribution is -2.50. The lowest BCUT2D eigenvalue weighted by molar-refractivity contribution is -0.137. The summed E-state index contributed by atoms with van der Waals surface area (Å²) in [5.41, 5.74) is -0.529. The normalized spacial score (nSPS) is 27.0. The molecule has 0 saturated heterocycles. The highest BCUT2D eigenvalue weighted by Gasteiger charge is 2.38. The molecule has 2 rings (SSSR count). The summed E-state index contributed by atoms with van der Waals surface area (Å²) >= 11 is 0. The molecule has 0 spiro atoms. The van der Waals surface area contributed by atoms with E-state index in [-0.39, 0.29) is 30.1 Å². The summed E-state index contributed by atoms with van der Waals surface area (Å²) in [5.74, 6) is -0.771. The maximum atomic E-state index is 12.1. The highest BCUT2D eigenvalue weighted by atomic mass is 16.6. The topological polar surface area (TPSA) is 85.3 Å². The standard InChI is InChI=1S/C19H27NO6/c1-6-7-13-10-15(11-16(25-13)17(21)22)24-14-8-12(9-14)20(5)18(23)26-19(2,3)4/h6-7,11-12,14-15H,1,8-10H2,2-5H3,(H,21,22)/b13-7+. The van der Waals surface area contributed by atoms with Gasteiger partial charge in [0.05, 0.1) is 12.2 Å². The summed E-state index contributed by atoms with van der Waals surface area (Å²) in [6, 6.07) is 0.0563. The molecule has 0 bridgehead atoms. The van der Waals surface area contributed by atoms with Gasteiger partial charge in [0, 0.05) is 19.5 Å². The van der Waals surface area contributed by atoms with Crippen LogP contribution in [0.2, 0.25) is 0 Å². The summed E-state index contributed by atoms with van der Waals surface area (Å²) in [7, 11) is 1.72. The molecule has 1 heterocycles. The molecule has 7 heteroatoms. The molecule has 1 atom stereocenters. The fourth-order valence-electron chi connectivity index (χ4n) is 2.77. The van der Waals surface area contributed by atoms with Crippen molar-refractivity contribution in [2.24, 2.45) is 0 Å². The van der Waals surface area contributed by atoms with Crippen molar-refractivity contribution in [2.75, 3.05) is 7.05 Å².